The molecule has 0 bridgehead atoms. The Kier molecular flexibility index (Phi) is 7.91. The van der Waals surface area contributed by atoms with Gasteiger partial charge in [-0.3, -0.25) is 4.79 Å². The van der Waals surface area contributed by atoms with Crippen molar-refractivity contribution < 1.29 is 4.79 Å². The number of aryl methyl sites for hydroxylation is 2. The predicted octanol–water partition coefficient (Wildman–Crippen LogP) is 2.30. The summed E-state index contributed by atoms with van der Waals surface area (Å²) in [5.41, 5.74) is 2.58. The van der Waals surface area contributed by atoms with Crippen LogP contribution < -0.4 is 10.6 Å². The van der Waals surface area contributed by atoms with E-state index in [1.165, 1.54) is 11.1 Å². The molecule has 0 fully saturated rings. The van der Waals surface area contributed by atoms with E-state index >= 15 is 0 Å². The molecular formula is C16H26N2O. The van der Waals surface area contributed by atoms with Crippen molar-refractivity contribution in [2.24, 2.45) is 0 Å². The first-order valence-corrected chi connectivity index (χ1v) is 7.31. The summed E-state index contributed by atoms with van der Waals surface area (Å²) < 4.78 is 0. The van der Waals surface area contributed by atoms with Crippen LogP contribution in [-0.4, -0.2) is 25.5 Å². The molecule has 0 heterocycles. The van der Waals surface area contributed by atoms with Gasteiger partial charge in [0.2, 0.25) is 5.91 Å². The smallest absolute Gasteiger partial charge is 0.220 e. The molecule has 1 amide bonds. The van der Waals surface area contributed by atoms with Crippen molar-refractivity contribution in [2.75, 3.05) is 19.6 Å². The van der Waals surface area contributed by atoms with Gasteiger partial charge in [0, 0.05) is 19.5 Å². The summed E-state index contributed by atoms with van der Waals surface area (Å²) in [6.45, 7) is 6.86. The Bertz CT molecular complexity index is 360. The highest BCUT2D eigenvalue weighted by molar-refractivity contribution is 5.76. The van der Waals surface area contributed by atoms with E-state index in [0.717, 1.165) is 32.4 Å². The second kappa shape index (κ2) is 9.56. The van der Waals surface area contributed by atoms with E-state index in [2.05, 4.69) is 48.7 Å². The SMILES string of the molecule is CCCNCCNC(=O)CCc1ccc(CC)cc1. The summed E-state index contributed by atoms with van der Waals surface area (Å²) in [5, 5.41) is 6.20. The summed E-state index contributed by atoms with van der Waals surface area (Å²) >= 11 is 0. The Morgan fingerprint density at radius 3 is 2.32 bits per heavy atom. The van der Waals surface area contributed by atoms with Crippen molar-refractivity contribution in [3.63, 3.8) is 0 Å². The fourth-order valence-corrected chi connectivity index (χ4v) is 1.88. The van der Waals surface area contributed by atoms with Gasteiger partial charge in [0.05, 0.1) is 0 Å². The van der Waals surface area contributed by atoms with Crippen LogP contribution in [-0.2, 0) is 17.6 Å². The molecule has 0 spiro atoms. The Hall–Kier alpha value is -1.35. The van der Waals surface area contributed by atoms with E-state index in [-0.39, 0.29) is 5.91 Å². The van der Waals surface area contributed by atoms with Gasteiger partial charge >= 0.3 is 0 Å². The first-order valence-electron chi connectivity index (χ1n) is 7.31. The largest absolute Gasteiger partial charge is 0.355 e. The number of nitrogens with one attached hydrogen (secondary N) is 2. The lowest BCUT2D eigenvalue weighted by molar-refractivity contribution is -0.121. The fourth-order valence-electron chi connectivity index (χ4n) is 1.88. The maximum Gasteiger partial charge on any atom is 0.220 e. The normalized spacial score (nSPS) is 10.4. The Morgan fingerprint density at radius 1 is 1.00 bits per heavy atom. The second-order valence-corrected chi connectivity index (χ2v) is 4.77. The lowest BCUT2D eigenvalue weighted by Crippen LogP contribution is -2.32. The van der Waals surface area contributed by atoms with Crippen molar-refractivity contribution in [2.45, 2.75) is 39.5 Å². The number of amides is 1. The molecule has 1 aromatic carbocycles. The molecule has 19 heavy (non-hydrogen) atoms. The Balaban J connectivity index is 2.15. The topological polar surface area (TPSA) is 41.1 Å². The van der Waals surface area contributed by atoms with Crippen LogP contribution in [0.4, 0.5) is 0 Å². The molecule has 0 aromatic heterocycles. The van der Waals surface area contributed by atoms with Crippen LogP contribution in [0.2, 0.25) is 0 Å². The van der Waals surface area contributed by atoms with Crippen molar-refractivity contribution in [3.8, 4) is 0 Å². The van der Waals surface area contributed by atoms with Gasteiger partial charge in [0.15, 0.2) is 0 Å². The third-order valence-corrected chi connectivity index (χ3v) is 3.12. The van der Waals surface area contributed by atoms with Crippen LogP contribution in [0.1, 0.15) is 37.8 Å². The third kappa shape index (κ3) is 6.97. The quantitative estimate of drug-likeness (QED) is 0.670. The third-order valence-electron chi connectivity index (χ3n) is 3.12. The first kappa shape index (κ1) is 15.7. The van der Waals surface area contributed by atoms with Gasteiger partial charge in [-0.15, -0.1) is 0 Å². The minimum atomic E-state index is 0.137. The minimum Gasteiger partial charge on any atom is -0.355 e. The predicted molar refractivity (Wildman–Crippen MR) is 80.3 cm³/mol. The van der Waals surface area contributed by atoms with Gasteiger partial charge in [-0.25, -0.2) is 0 Å². The standard InChI is InChI=1S/C16H26N2O/c1-3-11-17-12-13-18-16(19)10-9-15-7-5-14(4-2)6-8-15/h5-8,17H,3-4,9-13H2,1-2H3,(H,18,19). The molecule has 2 N–H and O–H groups in total. The molecular weight excluding hydrogens is 236 g/mol. The van der Waals surface area contributed by atoms with Crippen LogP contribution in [0.3, 0.4) is 0 Å². The molecule has 3 heteroatoms. The van der Waals surface area contributed by atoms with Crippen LogP contribution in [0, 0.1) is 0 Å². The van der Waals surface area contributed by atoms with E-state index in [4.69, 9.17) is 0 Å². The average Bonchev–Trinajstić information content (AvgIpc) is 2.45. The van der Waals surface area contributed by atoms with Crippen molar-refractivity contribution in [1.29, 1.82) is 0 Å². The molecule has 0 unspecified atom stereocenters. The van der Waals surface area contributed by atoms with Gasteiger partial charge in [0.1, 0.15) is 0 Å². The number of hydrogen-bond donors (Lipinski definition) is 2. The van der Waals surface area contributed by atoms with Gasteiger partial charge in [-0.2, -0.15) is 0 Å². The van der Waals surface area contributed by atoms with Crippen LogP contribution >= 0.6 is 0 Å². The molecule has 0 atom stereocenters. The van der Waals surface area contributed by atoms with E-state index < -0.39 is 0 Å². The minimum absolute atomic E-state index is 0.137. The highest BCUT2D eigenvalue weighted by Crippen LogP contribution is 2.07. The number of benzene rings is 1. The van der Waals surface area contributed by atoms with Crippen molar-refractivity contribution in [1.82, 2.24) is 10.6 Å². The zero-order chi connectivity index (χ0) is 13.9. The maximum absolute atomic E-state index is 11.6. The zero-order valence-electron chi connectivity index (χ0n) is 12.2. The van der Waals surface area contributed by atoms with Crippen LogP contribution in [0.15, 0.2) is 24.3 Å². The highest BCUT2D eigenvalue weighted by atomic mass is 16.1. The Morgan fingerprint density at radius 2 is 1.68 bits per heavy atom. The second-order valence-electron chi connectivity index (χ2n) is 4.77. The van der Waals surface area contributed by atoms with E-state index in [0.29, 0.717) is 13.0 Å². The molecule has 0 aliphatic heterocycles. The first-order chi connectivity index (χ1) is 9.26. The summed E-state index contributed by atoms with van der Waals surface area (Å²) in [6, 6.07) is 8.52. The van der Waals surface area contributed by atoms with Crippen molar-refractivity contribution >= 4 is 5.91 Å². The van der Waals surface area contributed by atoms with Gasteiger partial charge in [-0.1, -0.05) is 38.1 Å². The van der Waals surface area contributed by atoms with Gasteiger partial charge in [0.25, 0.3) is 0 Å². The monoisotopic (exact) mass is 262 g/mol. The summed E-state index contributed by atoms with van der Waals surface area (Å²) in [7, 11) is 0. The van der Waals surface area contributed by atoms with Crippen LogP contribution in [0.25, 0.3) is 0 Å². The Labute approximate surface area is 116 Å². The van der Waals surface area contributed by atoms with Crippen LogP contribution in [0.5, 0.6) is 0 Å². The number of hydrogen-bond acceptors (Lipinski definition) is 2. The summed E-state index contributed by atoms with van der Waals surface area (Å²) in [4.78, 5) is 11.6. The molecule has 0 aliphatic carbocycles. The average molecular weight is 262 g/mol. The van der Waals surface area contributed by atoms with Gasteiger partial charge < -0.3 is 10.6 Å². The lowest BCUT2D eigenvalue weighted by atomic mass is 10.1. The van der Waals surface area contributed by atoms with Gasteiger partial charge in [-0.05, 0) is 36.9 Å². The van der Waals surface area contributed by atoms with Crippen molar-refractivity contribution in [3.05, 3.63) is 35.4 Å². The molecule has 0 aliphatic rings. The molecule has 0 saturated heterocycles. The molecule has 1 aromatic rings. The summed E-state index contributed by atoms with van der Waals surface area (Å²) in [6.07, 6.45) is 3.57. The number of rotatable bonds is 9. The zero-order valence-corrected chi connectivity index (χ0v) is 12.2. The number of carbonyl (C=O) groups excluding carboxylic acids is 1. The van der Waals surface area contributed by atoms with E-state index in [1.54, 1.807) is 0 Å². The molecule has 106 valence electrons. The molecule has 0 radical (unpaired) electrons. The molecule has 1 rings (SSSR count). The van der Waals surface area contributed by atoms with E-state index in [1.807, 2.05) is 0 Å². The molecule has 3 nitrogen and oxygen atoms in total. The summed E-state index contributed by atoms with van der Waals surface area (Å²) in [5.74, 6) is 0.137. The van der Waals surface area contributed by atoms with E-state index in [9.17, 15) is 4.79 Å². The lowest BCUT2D eigenvalue weighted by Gasteiger charge is -2.06. The molecule has 0 saturated carbocycles. The number of carbonyl (C=O) groups is 1. The maximum atomic E-state index is 11.6. The highest BCUT2D eigenvalue weighted by Gasteiger charge is 2.01. The fraction of sp³-hybridized carbons (Fsp3) is 0.562.